The second-order valence-electron chi connectivity index (χ2n) is 1.93. The normalized spacial score (nSPS) is 9.50. The fourth-order valence-electron chi connectivity index (χ4n) is 0.390. The molecule has 0 radical (unpaired) electrons. The third-order valence-corrected chi connectivity index (χ3v) is 1.20. The summed E-state index contributed by atoms with van der Waals surface area (Å²) >= 11 is 0. The predicted molar refractivity (Wildman–Crippen MR) is 43.5 cm³/mol. The SMILES string of the molecule is C=C(C#CC)C(=O)OS(C)(=O)=O. The van der Waals surface area contributed by atoms with Crippen LogP contribution < -0.4 is 0 Å². The molecule has 0 saturated heterocycles. The van der Waals surface area contributed by atoms with Crippen LogP contribution in [0.2, 0.25) is 0 Å². The van der Waals surface area contributed by atoms with Crippen LogP contribution in [-0.2, 0) is 19.1 Å². The molecule has 0 aromatic heterocycles. The van der Waals surface area contributed by atoms with E-state index in [1.165, 1.54) is 6.92 Å². The first-order valence-corrected chi connectivity index (χ1v) is 4.74. The molecule has 12 heavy (non-hydrogen) atoms. The van der Waals surface area contributed by atoms with E-state index in [2.05, 4.69) is 22.6 Å². The molecule has 66 valence electrons. The van der Waals surface area contributed by atoms with Gasteiger partial charge in [0.15, 0.2) is 0 Å². The number of rotatable bonds is 2. The molecule has 0 amide bonds. The molecule has 0 aromatic rings. The van der Waals surface area contributed by atoms with Crippen LogP contribution in [0.1, 0.15) is 6.92 Å². The minimum absolute atomic E-state index is 0.178. The maximum Gasteiger partial charge on any atom is 0.361 e. The number of hydrogen-bond donors (Lipinski definition) is 0. The molecule has 0 atom stereocenters. The van der Waals surface area contributed by atoms with Crippen LogP contribution in [0.15, 0.2) is 12.2 Å². The minimum Gasteiger partial charge on any atom is -0.341 e. The van der Waals surface area contributed by atoms with Gasteiger partial charge in [0.2, 0.25) is 0 Å². The van der Waals surface area contributed by atoms with Crippen molar-refractivity contribution in [1.82, 2.24) is 0 Å². The highest BCUT2D eigenvalue weighted by atomic mass is 32.2. The molecule has 0 fully saturated rings. The van der Waals surface area contributed by atoms with Crippen LogP contribution in [0.3, 0.4) is 0 Å². The molecule has 0 bridgehead atoms. The van der Waals surface area contributed by atoms with Crippen LogP contribution in [0.4, 0.5) is 0 Å². The second kappa shape index (κ2) is 3.93. The molecule has 0 N–H and O–H groups in total. The Balaban J connectivity index is 4.42. The van der Waals surface area contributed by atoms with E-state index in [0.29, 0.717) is 0 Å². The van der Waals surface area contributed by atoms with Crippen molar-refractivity contribution in [1.29, 1.82) is 0 Å². The monoisotopic (exact) mass is 188 g/mol. The maximum atomic E-state index is 10.7. The third kappa shape index (κ3) is 4.52. The lowest BCUT2D eigenvalue weighted by Crippen LogP contribution is -2.11. The summed E-state index contributed by atoms with van der Waals surface area (Å²) in [5.41, 5.74) is -0.178. The molecule has 0 aromatic carbocycles. The Morgan fingerprint density at radius 2 is 2.00 bits per heavy atom. The second-order valence-corrected chi connectivity index (χ2v) is 3.50. The molecule has 5 heteroatoms. The van der Waals surface area contributed by atoms with Gasteiger partial charge in [0.25, 0.3) is 0 Å². The molecule has 0 spiro atoms. The first kappa shape index (κ1) is 10.7. The lowest BCUT2D eigenvalue weighted by molar-refractivity contribution is -0.129. The van der Waals surface area contributed by atoms with E-state index in [1.54, 1.807) is 0 Å². The molecule has 0 saturated carbocycles. The minimum atomic E-state index is -3.76. The summed E-state index contributed by atoms with van der Waals surface area (Å²) in [4.78, 5) is 10.7. The van der Waals surface area contributed by atoms with Crippen molar-refractivity contribution >= 4 is 16.1 Å². The average molecular weight is 188 g/mol. The van der Waals surface area contributed by atoms with Gasteiger partial charge in [0, 0.05) is 0 Å². The molecule has 0 unspecified atom stereocenters. The molecule has 4 nitrogen and oxygen atoms in total. The molecule has 0 aliphatic carbocycles. The van der Waals surface area contributed by atoms with E-state index >= 15 is 0 Å². The quantitative estimate of drug-likeness (QED) is 0.349. The summed E-state index contributed by atoms with van der Waals surface area (Å²) in [6.45, 7) is 4.71. The van der Waals surface area contributed by atoms with Gasteiger partial charge in [0.05, 0.1) is 6.26 Å². The molecule has 0 rings (SSSR count). The molecule has 0 heterocycles. The highest BCUT2D eigenvalue weighted by molar-refractivity contribution is 7.86. The van der Waals surface area contributed by atoms with Crippen LogP contribution in [0.5, 0.6) is 0 Å². The van der Waals surface area contributed by atoms with Gasteiger partial charge < -0.3 is 4.18 Å². The topological polar surface area (TPSA) is 60.4 Å². The van der Waals surface area contributed by atoms with E-state index in [0.717, 1.165) is 6.26 Å². The molecule has 0 aliphatic rings. The summed E-state index contributed by atoms with van der Waals surface area (Å²) in [5, 5.41) is 0. The predicted octanol–water partition coefficient (Wildman–Crippen LogP) is 0.0687. The van der Waals surface area contributed by atoms with Crippen molar-refractivity contribution in [3.63, 3.8) is 0 Å². The van der Waals surface area contributed by atoms with E-state index in [1.807, 2.05) is 0 Å². The standard InChI is InChI=1S/C7H8O4S/c1-4-5-6(2)7(8)11-12(3,9)10/h2H2,1,3H3. The van der Waals surface area contributed by atoms with Crippen molar-refractivity contribution in [3.05, 3.63) is 12.2 Å². The molecular formula is C7H8O4S. The van der Waals surface area contributed by atoms with Crippen molar-refractivity contribution in [2.24, 2.45) is 0 Å². The summed E-state index contributed by atoms with van der Waals surface area (Å²) in [7, 11) is -3.76. The number of carbonyl (C=O) groups is 1. The Kier molecular flexibility index (Phi) is 3.51. The van der Waals surface area contributed by atoms with Crippen molar-refractivity contribution in [2.75, 3.05) is 6.26 Å². The van der Waals surface area contributed by atoms with Gasteiger partial charge >= 0.3 is 16.1 Å². The van der Waals surface area contributed by atoms with E-state index in [-0.39, 0.29) is 5.57 Å². The Hall–Kier alpha value is -1.28. The van der Waals surface area contributed by atoms with Crippen molar-refractivity contribution in [3.8, 4) is 11.8 Å². The van der Waals surface area contributed by atoms with Gasteiger partial charge in [-0.05, 0) is 6.92 Å². The zero-order valence-electron chi connectivity index (χ0n) is 6.75. The average Bonchev–Trinajstić information content (AvgIpc) is 1.84. The largest absolute Gasteiger partial charge is 0.361 e. The third-order valence-electron chi connectivity index (χ3n) is 0.749. The van der Waals surface area contributed by atoms with Gasteiger partial charge in [-0.1, -0.05) is 12.5 Å². The van der Waals surface area contributed by atoms with E-state index in [9.17, 15) is 13.2 Å². The van der Waals surface area contributed by atoms with Crippen molar-refractivity contribution in [2.45, 2.75) is 6.92 Å². The molecule has 0 aliphatic heterocycles. The van der Waals surface area contributed by atoms with Crippen molar-refractivity contribution < 1.29 is 17.4 Å². The van der Waals surface area contributed by atoms with Gasteiger partial charge in [-0.25, -0.2) is 4.79 Å². The summed E-state index contributed by atoms with van der Waals surface area (Å²) in [6.07, 6.45) is 0.775. The number of carbonyl (C=O) groups excluding carboxylic acids is 1. The number of hydrogen-bond acceptors (Lipinski definition) is 4. The summed E-state index contributed by atoms with van der Waals surface area (Å²) in [6, 6.07) is 0. The Morgan fingerprint density at radius 1 is 1.50 bits per heavy atom. The van der Waals surface area contributed by atoms with Gasteiger partial charge in [-0.3, -0.25) is 0 Å². The Labute approximate surface area is 71.3 Å². The highest BCUT2D eigenvalue weighted by Crippen LogP contribution is 1.96. The zero-order valence-corrected chi connectivity index (χ0v) is 7.56. The fraction of sp³-hybridized carbons (Fsp3) is 0.286. The first-order valence-electron chi connectivity index (χ1n) is 2.92. The lowest BCUT2D eigenvalue weighted by atomic mass is 10.3. The van der Waals surface area contributed by atoms with Gasteiger partial charge in [-0.2, -0.15) is 8.42 Å². The van der Waals surface area contributed by atoms with E-state index in [4.69, 9.17) is 0 Å². The van der Waals surface area contributed by atoms with Crippen LogP contribution in [0, 0.1) is 11.8 Å². The summed E-state index contributed by atoms with van der Waals surface area (Å²) in [5.74, 6) is 3.64. The van der Waals surface area contributed by atoms with Crippen LogP contribution >= 0.6 is 0 Å². The lowest BCUT2D eigenvalue weighted by Gasteiger charge is -1.97. The smallest absolute Gasteiger partial charge is 0.341 e. The Morgan fingerprint density at radius 3 is 2.33 bits per heavy atom. The van der Waals surface area contributed by atoms with Crippen LogP contribution in [0.25, 0.3) is 0 Å². The van der Waals surface area contributed by atoms with Gasteiger partial charge in [0.1, 0.15) is 5.57 Å². The highest BCUT2D eigenvalue weighted by Gasteiger charge is 2.12. The van der Waals surface area contributed by atoms with Crippen LogP contribution in [-0.4, -0.2) is 20.6 Å². The Bertz CT molecular complexity index is 353. The summed E-state index contributed by atoms with van der Waals surface area (Å²) < 4.78 is 24.8. The molecular weight excluding hydrogens is 180 g/mol. The fourth-order valence-corrected chi connectivity index (χ4v) is 0.765. The maximum absolute atomic E-state index is 10.7. The first-order chi connectivity index (χ1) is 5.37. The van der Waals surface area contributed by atoms with Gasteiger partial charge in [-0.15, -0.1) is 5.92 Å². The van der Waals surface area contributed by atoms with E-state index < -0.39 is 16.1 Å². The zero-order chi connectivity index (χ0) is 9.78.